The van der Waals surface area contributed by atoms with Crippen molar-refractivity contribution in [3.05, 3.63) is 71.3 Å². The van der Waals surface area contributed by atoms with E-state index < -0.39 is 0 Å². The van der Waals surface area contributed by atoms with Gasteiger partial charge in [-0.1, -0.05) is 67.1 Å². The predicted octanol–water partition coefficient (Wildman–Crippen LogP) is 4.50. The molecule has 0 saturated carbocycles. The Morgan fingerprint density at radius 1 is 0.842 bits per heavy atom. The molecule has 2 aromatic rings. The lowest BCUT2D eigenvalue weighted by Crippen LogP contribution is -2.00. The number of nitrogens with zero attached hydrogens (tertiary/aromatic N) is 1. The first kappa shape index (κ1) is 12.4. The van der Waals surface area contributed by atoms with Crippen molar-refractivity contribution in [2.75, 3.05) is 6.54 Å². The normalized spacial score (nSPS) is 25.3. The lowest BCUT2D eigenvalue weighted by Gasteiger charge is -2.01. The van der Waals surface area contributed by atoms with Crippen LogP contribution in [0.5, 0.6) is 0 Å². The zero-order valence-electron chi connectivity index (χ0n) is 11.7. The highest BCUT2D eigenvalue weighted by Crippen LogP contribution is 2.54. The van der Waals surface area contributed by atoms with Gasteiger partial charge in [0.1, 0.15) is 0 Å². The number of aryl methyl sites for hydroxylation is 1. The van der Waals surface area contributed by atoms with Crippen LogP contribution in [0.25, 0.3) is 0 Å². The lowest BCUT2D eigenvalue weighted by molar-refractivity contribution is 0.482. The molecule has 0 bridgehead atoms. The summed E-state index contributed by atoms with van der Waals surface area (Å²) in [6.07, 6.45) is 1.21. The Morgan fingerprint density at radius 2 is 1.42 bits per heavy atom. The molecule has 0 amide bonds. The Labute approximate surface area is 115 Å². The van der Waals surface area contributed by atoms with Crippen LogP contribution < -0.4 is 0 Å². The van der Waals surface area contributed by atoms with Crippen LogP contribution in [-0.2, 0) is 0 Å². The zero-order chi connectivity index (χ0) is 13.2. The van der Waals surface area contributed by atoms with Crippen LogP contribution in [0.15, 0.2) is 54.6 Å². The highest BCUT2D eigenvalue weighted by atomic mass is 15.3. The van der Waals surface area contributed by atoms with Crippen molar-refractivity contribution in [2.24, 2.45) is 0 Å². The summed E-state index contributed by atoms with van der Waals surface area (Å²) >= 11 is 0. The molecule has 0 aromatic heterocycles. The van der Waals surface area contributed by atoms with Gasteiger partial charge in [0.25, 0.3) is 0 Å². The van der Waals surface area contributed by atoms with E-state index in [4.69, 9.17) is 0 Å². The fraction of sp³-hybridized carbons (Fsp3) is 0.333. The fourth-order valence-electron chi connectivity index (χ4n) is 2.97. The third kappa shape index (κ3) is 2.43. The predicted molar refractivity (Wildman–Crippen MR) is 80.1 cm³/mol. The van der Waals surface area contributed by atoms with Crippen molar-refractivity contribution in [1.82, 2.24) is 4.90 Å². The van der Waals surface area contributed by atoms with Gasteiger partial charge < -0.3 is 0 Å². The monoisotopic (exact) mass is 251 g/mol. The Hall–Kier alpha value is -1.60. The molecule has 2 aromatic carbocycles. The minimum Gasteiger partial charge on any atom is -0.286 e. The molecule has 98 valence electrons. The van der Waals surface area contributed by atoms with Crippen LogP contribution in [-0.4, -0.2) is 11.4 Å². The third-order valence-electron chi connectivity index (χ3n) is 3.97. The number of rotatable bonds is 4. The Kier molecular flexibility index (Phi) is 3.39. The number of benzene rings is 2. The average Bonchev–Trinajstić information content (AvgIpc) is 3.15. The molecule has 1 fully saturated rings. The van der Waals surface area contributed by atoms with Crippen LogP contribution in [0.2, 0.25) is 0 Å². The summed E-state index contributed by atoms with van der Waals surface area (Å²) in [4.78, 5) is 2.60. The van der Waals surface area contributed by atoms with Gasteiger partial charge >= 0.3 is 0 Å². The van der Waals surface area contributed by atoms with Crippen molar-refractivity contribution in [1.29, 1.82) is 0 Å². The average molecular weight is 251 g/mol. The summed E-state index contributed by atoms with van der Waals surface area (Å²) in [7, 11) is 0. The fourth-order valence-corrected chi connectivity index (χ4v) is 2.97. The van der Waals surface area contributed by atoms with Crippen molar-refractivity contribution in [3.8, 4) is 0 Å². The van der Waals surface area contributed by atoms with E-state index >= 15 is 0 Å². The van der Waals surface area contributed by atoms with E-state index in [0.717, 1.165) is 0 Å². The van der Waals surface area contributed by atoms with E-state index in [1.54, 1.807) is 0 Å². The molecule has 1 unspecified atom stereocenters. The van der Waals surface area contributed by atoms with Gasteiger partial charge in [-0.3, -0.25) is 4.90 Å². The van der Waals surface area contributed by atoms with Gasteiger partial charge in [-0.05, 0) is 31.0 Å². The molecule has 0 radical (unpaired) electrons. The van der Waals surface area contributed by atoms with Gasteiger partial charge in [0.2, 0.25) is 0 Å². The van der Waals surface area contributed by atoms with Crippen LogP contribution in [0, 0.1) is 6.92 Å². The smallest absolute Gasteiger partial charge is 0.0552 e. The van der Waals surface area contributed by atoms with E-state index in [-0.39, 0.29) is 0 Å². The maximum Gasteiger partial charge on any atom is 0.0552 e. The van der Waals surface area contributed by atoms with Crippen LogP contribution in [0.1, 0.15) is 42.1 Å². The molecule has 1 nitrogen and oxygen atoms in total. The van der Waals surface area contributed by atoms with Gasteiger partial charge in [-0.15, -0.1) is 0 Å². The minimum absolute atomic E-state index is 0.572. The Bertz CT molecular complexity index is 529. The topological polar surface area (TPSA) is 3.01 Å². The summed E-state index contributed by atoms with van der Waals surface area (Å²) in [6, 6.07) is 21.0. The van der Waals surface area contributed by atoms with Crippen molar-refractivity contribution < 1.29 is 0 Å². The molecule has 0 aliphatic carbocycles. The van der Waals surface area contributed by atoms with Crippen molar-refractivity contribution >= 4 is 0 Å². The molecule has 0 N–H and O–H groups in total. The number of hydrogen-bond donors (Lipinski definition) is 0. The highest BCUT2D eigenvalue weighted by molar-refractivity contribution is 5.35. The summed E-state index contributed by atoms with van der Waals surface area (Å²) in [5.41, 5.74) is 4.23. The van der Waals surface area contributed by atoms with Gasteiger partial charge in [0, 0.05) is 0 Å². The molecule has 1 aliphatic heterocycles. The van der Waals surface area contributed by atoms with E-state index in [0.29, 0.717) is 12.1 Å². The molecule has 19 heavy (non-hydrogen) atoms. The SMILES string of the molecule is CCCN1[C@H](c2ccccc2)[C@@H]1c1ccc(C)cc1. The maximum absolute atomic E-state index is 2.60. The van der Waals surface area contributed by atoms with Crippen molar-refractivity contribution in [3.63, 3.8) is 0 Å². The van der Waals surface area contributed by atoms with Gasteiger partial charge in [-0.2, -0.15) is 0 Å². The second kappa shape index (κ2) is 5.18. The molecule has 1 heteroatoms. The summed E-state index contributed by atoms with van der Waals surface area (Å²) in [5.74, 6) is 0. The Balaban J connectivity index is 1.86. The molecular weight excluding hydrogens is 230 g/mol. The minimum atomic E-state index is 0.572. The first-order valence-electron chi connectivity index (χ1n) is 7.18. The van der Waals surface area contributed by atoms with Gasteiger partial charge in [0.05, 0.1) is 12.1 Å². The molecule has 3 atom stereocenters. The molecule has 1 aliphatic rings. The van der Waals surface area contributed by atoms with E-state index in [9.17, 15) is 0 Å². The second-order valence-corrected chi connectivity index (χ2v) is 5.45. The largest absolute Gasteiger partial charge is 0.286 e. The van der Waals surface area contributed by atoms with Gasteiger partial charge in [-0.25, -0.2) is 0 Å². The summed E-state index contributed by atoms with van der Waals surface area (Å²) in [5, 5.41) is 0. The number of hydrogen-bond acceptors (Lipinski definition) is 1. The van der Waals surface area contributed by atoms with E-state index in [1.807, 2.05) is 0 Å². The van der Waals surface area contributed by atoms with Crippen LogP contribution in [0.3, 0.4) is 0 Å². The summed E-state index contributed by atoms with van der Waals surface area (Å²) < 4.78 is 0. The van der Waals surface area contributed by atoms with Crippen LogP contribution in [0.4, 0.5) is 0 Å². The summed E-state index contributed by atoms with van der Waals surface area (Å²) in [6.45, 7) is 5.58. The first-order valence-corrected chi connectivity index (χ1v) is 7.18. The van der Waals surface area contributed by atoms with Gasteiger partial charge in [0.15, 0.2) is 0 Å². The van der Waals surface area contributed by atoms with Crippen molar-refractivity contribution in [2.45, 2.75) is 32.4 Å². The van der Waals surface area contributed by atoms with Crippen LogP contribution >= 0.6 is 0 Å². The molecule has 3 rings (SSSR count). The first-order chi connectivity index (χ1) is 9.31. The maximum atomic E-state index is 2.60. The zero-order valence-corrected chi connectivity index (χ0v) is 11.7. The highest BCUT2D eigenvalue weighted by Gasteiger charge is 2.48. The molecular formula is C18H21N. The molecule has 1 saturated heterocycles. The second-order valence-electron chi connectivity index (χ2n) is 5.45. The quantitative estimate of drug-likeness (QED) is 0.723. The Morgan fingerprint density at radius 3 is 2.00 bits per heavy atom. The van der Waals surface area contributed by atoms with E-state index in [2.05, 4.69) is 73.3 Å². The standard InChI is InChI=1S/C18H21N/c1-3-13-19-17(15-7-5-4-6-8-15)18(19)16-11-9-14(2)10-12-16/h4-12,17-18H,3,13H2,1-2H3/t17-,18+,19?/m1/s1. The third-order valence-corrected chi connectivity index (χ3v) is 3.97. The molecule has 1 heterocycles. The lowest BCUT2D eigenvalue weighted by atomic mass is 10.0. The van der Waals surface area contributed by atoms with E-state index in [1.165, 1.54) is 29.7 Å². The molecule has 0 spiro atoms.